The van der Waals surface area contributed by atoms with E-state index in [0.29, 0.717) is 23.7 Å². The molecule has 0 aliphatic carbocycles. The molecule has 1 aromatic heterocycles. The van der Waals surface area contributed by atoms with Crippen molar-refractivity contribution in [3.63, 3.8) is 0 Å². The van der Waals surface area contributed by atoms with E-state index in [1.807, 2.05) is 13.8 Å². The summed E-state index contributed by atoms with van der Waals surface area (Å²) in [6.45, 7) is 4.53. The number of benzene rings is 1. The van der Waals surface area contributed by atoms with Crippen LogP contribution in [0.25, 0.3) is 0 Å². The molecule has 0 saturated carbocycles. The van der Waals surface area contributed by atoms with Crippen LogP contribution in [-0.4, -0.2) is 14.9 Å². The highest BCUT2D eigenvalue weighted by atomic mass is 35.5. The van der Waals surface area contributed by atoms with Crippen LogP contribution in [0.2, 0.25) is 10.0 Å². The fourth-order valence-electron chi connectivity index (χ4n) is 2.33. The lowest BCUT2D eigenvalue weighted by Gasteiger charge is -2.14. The molecule has 0 aliphatic rings. The molecule has 2 aromatic rings. The Morgan fingerprint density at radius 3 is 2.62 bits per heavy atom. The van der Waals surface area contributed by atoms with Crippen molar-refractivity contribution in [2.75, 3.05) is 0 Å². The van der Waals surface area contributed by atoms with Gasteiger partial charge in [-0.05, 0) is 25.5 Å². The molecular formula is C15H17Cl2FN2O. The zero-order valence-electron chi connectivity index (χ0n) is 11.9. The standard InChI is InChI=1S/C15H17Cl2FN2O/c1-3-11-15(17)12(20(4-2)19-11)8-13(21)14-9(16)6-5-7-10(14)18/h5-7,13,21H,3-4,8H2,1-2H3. The average molecular weight is 331 g/mol. The molecule has 1 N–H and O–H groups in total. The number of nitrogens with zero attached hydrogens (tertiary/aromatic N) is 2. The first-order valence-electron chi connectivity index (χ1n) is 6.85. The summed E-state index contributed by atoms with van der Waals surface area (Å²) in [5.74, 6) is -0.524. The van der Waals surface area contributed by atoms with Crippen LogP contribution in [0.1, 0.15) is 36.9 Å². The minimum Gasteiger partial charge on any atom is -0.388 e. The number of aryl methyl sites for hydroxylation is 2. The molecule has 1 atom stereocenters. The first-order valence-corrected chi connectivity index (χ1v) is 7.61. The third kappa shape index (κ3) is 3.23. The van der Waals surface area contributed by atoms with Gasteiger partial charge < -0.3 is 5.11 Å². The van der Waals surface area contributed by atoms with Gasteiger partial charge in [0.2, 0.25) is 0 Å². The van der Waals surface area contributed by atoms with E-state index in [1.54, 1.807) is 10.7 Å². The van der Waals surface area contributed by atoms with Gasteiger partial charge in [-0.3, -0.25) is 4.68 Å². The second kappa shape index (κ2) is 6.77. The van der Waals surface area contributed by atoms with Crippen LogP contribution in [-0.2, 0) is 19.4 Å². The van der Waals surface area contributed by atoms with Crippen molar-refractivity contribution in [1.82, 2.24) is 9.78 Å². The highest BCUT2D eigenvalue weighted by Crippen LogP contribution is 2.31. The molecule has 0 spiro atoms. The number of rotatable bonds is 5. The first-order chi connectivity index (χ1) is 9.99. The number of aliphatic hydroxyl groups is 1. The van der Waals surface area contributed by atoms with E-state index in [4.69, 9.17) is 23.2 Å². The fourth-order valence-corrected chi connectivity index (χ4v) is 2.96. The van der Waals surface area contributed by atoms with Gasteiger partial charge >= 0.3 is 0 Å². The maximum absolute atomic E-state index is 13.9. The third-order valence-electron chi connectivity index (χ3n) is 3.41. The maximum atomic E-state index is 13.9. The van der Waals surface area contributed by atoms with E-state index in [9.17, 15) is 9.50 Å². The summed E-state index contributed by atoms with van der Waals surface area (Å²) < 4.78 is 15.6. The Morgan fingerprint density at radius 2 is 2.05 bits per heavy atom. The summed E-state index contributed by atoms with van der Waals surface area (Å²) in [6.07, 6.45) is -0.196. The molecule has 6 heteroatoms. The molecule has 3 nitrogen and oxygen atoms in total. The topological polar surface area (TPSA) is 38.0 Å². The summed E-state index contributed by atoms with van der Waals surface area (Å²) in [5, 5.41) is 15.5. The van der Waals surface area contributed by atoms with E-state index in [1.165, 1.54) is 12.1 Å². The Kier molecular flexibility index (Phi) is 5.25. The number of halogens is 3. The number of aromatic nitrogens is 2. The molecule has 0 aliphatic heterocycles. The molecule has 2 rings (SSSR count). The smallest absolute Gasteiger partial charge is 0.130 e. The highest BCUT2D eigenvalue weighted by molar-refractivity contribution is 6.32. The van der Waals surface area contributed by atoms with Crippen LogP contribution in [0, 0.1) is 5.82 Å². The molecule has 0 radical (unpaired) electrons. The van der Waals surface area contributed by atoms with E-state index < -0.39 is 11.9 Å². The van der Waals surface area contributed by atoms with E-state index >= 15 is 0 Å². The van der Waals surface area contributed by atoms with Gasteiger partial charge in [0.1, 0.15) is 5.82 Å². The zero-order valence-corrected chi connectivity index (χ0v) is 13.4. The van der Waals surface area contributed by atoms with E-state index in [0.717, 1.165) is 5.69 Å². The van der Waals surface area contributed by atoms with Gasteiger partial charge in [0.25, 0.3) is 0 Å². The Balaban J connectivity index is 2.36. The Bertz CT molecular complexity index is 623. The van der Waals surface area contributed by atoms with Crippen LogP contribution in [0.4, 0.5) is 4.39 Å². The van der Waals surface area contributed by atoms with E-state index in [2.05, 4.69) is 5.10 Å². The average Bonchev–Trinajstić information content (AvgIpc) is 2.75. The largest absolute Gasteiger partial charge is 0.388 e. The monoisotopic (exact) mass is 330 g/mol. The van der Waals surface area contributed by atoms with Gasteiger partial charge in [0.05, 0.1) is 22.5 Å². The van der Waals surface area contributed by atoms with Gasteiger partial charge in [-0.2, -0.15) is 5.10 Å². The van der Waals surface area contributed by atoms with Gasteiger partial charge in [0.15, 0.2) is 0 Å². The lowest BCUT2D eigenvalue weighted by Crippen LogP contribution is -2.10. The zero-order chi connectivity index (χ0) is 15.6. The first kappa shape index (κ1) is 16.3. The van der Waals surface area contributed by atoms with Crippen LogP contribution >= 0.6 is 23.2 Å². The van der Waals surface area contributed by atoms with Gasteiger partial charge in [0, 0.05) is 23.6 Å². The Labute approximate surface area is 133 Å². The van der Waals surface area contributed by atoms with Crippen molar-refractivity contribution in [2.24, 2.45) is 0 Å². The molecule has 0 amide bonds. The van der Waals surface area contributed by atoms with Gasteiger partial charge in [-0.15, -0.1) is 0 Å². The van der Waals surface area contributed by atoms with Crippen molar-refractivity contribution in [3.05, 3.63) is 51.0 Å². The summed E-state index contributed by atoms with van der Waals surface area (Å²) in [6, 6.07) is 4.34. The van der Waals surface area contributed by atoms with Gasteiger partial charge in [-0.1, -0.05) is 36.2 Å². The summed E-state index contributed by atoms with van der Waals surface area (Å²) in [4.78, 5) is 0. The number of aliphatic hydroxyl groups excluding tert-OH is 1. The molecule has 0 fully saturated rings. The predicted octanol–water partition coefficient (Wildman–Crippen LogP) is 4.19. The Morgan fingerprint density at radius 1 is 1.33 bits per heavy atom. The molecule has 0 bridgehead atoms. The second-order valence-electron chi connectivity index (χ2n) is 4.73. The Hall–Kier alpha value is -1.10. The highest BCUT2D eigenvalue weighted by Gasteiger charge is 2.22. The van der Waals surface area contributed by atoms with E-state index in [-0.39, 0.29) is 17.0 Å². The fraction of sp³-hybridized carbons (Fsp3) is 0.400. The van der Waals surface area contributed by atoms with Crippen LogP contribution in [0.5, 0.6) is 0 Å². The van der Waals surface area contributed by atoms with Crippen LogP contribution < -0.4 is 0 Å². The summed E-state index contributed by atoms with van der Waals surface area (Å²) in [7, 11) is 0. The molecule has 114 valence electrons. The van der Waals surface area contributed by atoms with Crippen LogP contribution in [0.3, 0.4) is 0 Å². The molecule has 21 heavy (non-hydrogen) atoms. The molecular weight excluding hydrogens is 314 g/mol. The summed E-state index contributed by atoms with van der Waals surface area (Å²) in [5.41, 5.74) is 1.57. The molecule has 0 saturated heterocycles. The lowest BCUT2D eigenvalue weighted by molar-refractivity contribution is 0.171. The number of hydrogen-bond donors (Lipinski definition) is 1. The lowest BCUT2D eigenvalue weighted by atomic mass is 10.0. The predicted molar refractivity (Wildman–Crippen MR) is 82.4 cm³/mol. The number of hydrogen-bond acceptors (Lipinski definition) is 2. The van der Waals surface area contributed by atoms with Crippen molar-refractivity contribution in [1.29, 1.82) is 0 Å². The van der Waals surface area contributed by atoms with Crippen molar-refractivity contribution >= 4 is 23.2 Å². The second-order valence-corrected chi connectivity index (χ2v) is 5.52. The quantitative estimate of drug-likeness (QED) is 0.892. The molecule has 1 aromatic carbocycles. The normalized spacial score (nSPS) is 12.7. The third-order valence-corrected chi connectivity index (χ3v) is 4.18. The molecule has 1 unspecified atom stereocenters. The SMILES string of the molecule is CCc1nn(CC)c(CC(O)c2c(F)cccc2Cl)c1Cl. The molecule has 1 heterocycles. The minimum atomic E-state index is -1.07. The minimum absolute atomic E-state index is 0.0946. The maximum Gasteiger partial charge on any atom is 0.130 e. The van der Waals surface area contributed by atoms with Crippen molar-refractivity contribution < 1.29 is 9.50 Å². The van der Waals surface area contributed by atoms with Crippen molar-refractivity contribution in [3.8, 4) is 0 Å². The summed E-state index contributed by atoms with van der Waals surface area (Å²) >= 11 is 12.3. The van der Waals surface area contributed by atoms with Gasteiger partial charge in [-0.25, -0.2) is 4.39 Å². The van der Waals surface area contributed by atoms with Crippen LogP contribution in [0.15, 0.2) is 18.2 Å². The van der Waals surface area contributed by atoms with Crippen molar-refractivity contribution in [2.45, 2.75) is 39.3 Å².